The summed E-state index contributed by atoms with van der Waals surface area (Å²) in [6, 6.07) is -1.17. The Morgan fingerprint density at radius 1 is 0.811 bits per heavy atom. The Bertz CT molecular complexity index is 2100. The second-order valence-corrected chi connectivity index (χ2v) is 22.5. The van der Waals surface area contributed by atoms with Gasteiger partial charge in [0, 0.05) is 77.5 Å². The van der Waals surface area contributed by atoms with Crippen LogP contribution in [0.4, 0.5) is 0 Å². The third kappa shape index (κ3) is 14.5. The molecular formula is C57H86N2O15. The molecule has 74 heavy (non-hydrogen) atoms. The second kappa shape index (κ2) is 26.9. The van der Waals surface area contributed by atoms with Gasteiger partial charge in [0.05, 0.1) is 31.0 Å². The number of esters is 2. The lowest BCUT2D eigenvalue weighted by Crippen LogP contribution is -2.65. The highest BCUT2D eigenvalue weighted by Crippen LogP contribution is 2.46. The Balaban J connectivity index is 1.30. The summed E-state index contributed by atoms with van der Waals surface area (Å²) in [5.74, 6) is -9.21. The third-order valence-electron chi connectivity index (χ3n) is 17.1. The number of carbonyl (C=O) groups is 6. The maximum absolute atomic E-state index is 14.6. The molecule has 6 bridgehead atoms. The summed E-state index contributed by atoms with van der Waals surface area (Å²) in [7, 11) is 4.53. The van der Waals surface area contributed by atoms with E-state index in [1.807, 2.05) is 56.1 Å². The fourth-order valence-electron chi connectivity index (χ4n) is 12.5. The van der Waals surface area contributed by atoms with E-state index in [1.54, 1.807) is 41.1 Å². The van der Waals surface area contributed by atoms with Crippen LogP contribution in [0, 0.1) is 41.4 Å². The number of hydrogen-bond donors (Lipinski definition) is 3. The number of aliphatic hydroxyl groups excluding tert-OH is 2. The lowest BCUT2D eigenvalue weighted by atomic mass is 9.68. The van der Waals surface area contributed by atoms with Crippen LogP contribution in [0.5, 0.6) is 0 Å². The first-order valence-corrected chi connectivity index (χ1v) is 27.3. The molecule has 0 aromatic carbocycles. The lowest BCUT2D eigenvalue weighted by molar-refractivity contribution is -0.266. The van der Waals surface area contributed by atoms with Crippen LogP contribution >= 0.6 is 0 Å². The summed E-state index contributed by atoms with van der Waals surface area (Å²) in [5, 5.41) is 33.6. The quantitative estimate of drug-likeness (QED) is 0.157. The number of ether oxygens (including phenoxy) is 6. The number of methoxy groups -OCH3 is 3. The summed E-state index contributed by atoms with van der Waals surface area (Å²) >= 11 is 0. The highest BCUT2D eigenvalue weighted by Gasteiger charge is 2.57. The van der Waals surface area contributed by atoms with Crippen molar-refractivity contribution in [3.63, 3.8) is 0 Å². The Morgan fingerprint density at radius 2 is 1.54 bits per heavy atom. The Morgan fingerprint density at radius 3 is 2.23 bits per heavy atom. The number of fused-ring (bicyclic) bond motifs is 3. The Hall–Kier alpha value is -3.94. The van der Waals surface area contributed by atoms with E-state index in [0.717, 1.165) is 5.57 Å². The van der Waals surface area contributed by atoms with Crippen molar-refractivity contribution in [2.45, 2.75) is 186 Å². The van der Waals surface area contributed by atoms with Crippen molar-refractivity contribution in [3.8, 4) is 0 Å². The molecule has 17 heteroatoms. The normalized spacial score (nSPS) is 40.6. The van der Waals surface area contributed by atoms with Gasteiger partial charge in [0.2, 0.25) is 5.79 Å². The zero-order valence-corrected chi connectivity index (χ0v) is 45.4. The van der Waals surface area contributed by atoms with E-state index in [4.69, 9.17) is 28.4 Å². The van der Waals surface area contributed by atoms with Crippen molar-refractivity contribution in [1.82, 2.24) is 9.80 Å². The SMILES string of the molecule is CO[C@H]1C[C@@H]2CC[C@@H](C)[C@@](O)(O2)C(=O)C(=O)N2CCCC3[C@H]2C(=O)O[C@@H](CC(=O)[C@H](C)/C=C(\C)[C@@H](O)[C@@H](OC)C(=O)[C@H](C)C[C@H](C)/C=C/C=C/C=C/1C)[C@H]3C[C@@H]1CC[C@@H](OC(=O)CN2CCC(O)CC2)[C@H](OC)C1. The second-order valence-electron chi connectivity index (χ2n) is 22.5. The third-order valence-corrected chi connectivity index (χ3v) is 17.1. The van der Waals surface area contributed by atoms with E-state index < -0.39 is 102 Å². The number of amides is 1. The molecule has 1 unspecified atom stereocenters. The van der Waals surface area contributed by atoms with Crippen molar-refractivity contribution in [2.75, 3.05) is 47.5 Å². The van der Waals surface area contributed by atoms with E-state index in [1.165, 1.54) is 12.0 Å². The Labute approximate surface area is 438 Å². The fraction of sp³-hybridized carbons (Fsp3) is 0.754. The maximum Gasteiger partial charge on any atom is 0.329 e. The molecule has 5 heterocycles. The van der Waals surface area contributed by atoms with E-state index in [0.29, 0.717) is 95.7 Å². The summed E-state index contributed by atoms with van der Waals surface area (Å²) in [6.45, 7) is 12.1. The van der Waals surface area contributed by atoms with Crippen molar-refractivity contribution in [3.05, 3.63) is 47.6 Å². The number of rotatable bonds is 8. The minimum atomic E-state index is -2.47. The van der Waals surface area contributed by atoms with Crippen molar-refractivity contribution >= 4 is 35.2 Å². The van der Waals surface area contributed by atoms with E-state index in [2.05, 4.69) is 0 Å². The molecule has 1 aliphatic carbocycles. The molecular weight excluding hydrogens is 953 g/mol. The van der Waals surface area contributed by atoms with Gasteiger partial charge in [-0.2, -0.15) is 0 Å². The molecule has 6 aliphatic rings. The summed E-state index contributed by atoms with van der Waals surface area (Å²) in [5.41, 5.74) is 1.25. The van der Waals surface area contributed by atoms with Crippen LogP contribution in [-0.4, -0.2) is 168 Å². The highest BCUT2D eigenvalue weighted by molar-refractivity contribution is 6.39. The number of likely N-dealkylation sites (tertiary alicyclic amines) is 1. The first-order chi connectivity index (χ1) is 35.2. The van der Waals surface area contributed by atoms with Gasteiger partial charge in [-0.05, 0) is 113 Å². The maximum atomic E-state index is 14.6. The summed E-state index contributed by atoms with van der Waals surface area (Å²) < 4.78 is 35.9. The predicted molar refractivity (Wildman–Crippen MR) is 274 cm³/mol. The van der Waals surface area contributed by atoms with Crippen LogP contribution in [0.3, 0.4) is 0 Å². The smallest absolute Gasteiger partial charge is 0.329 e. The predicted octanol–water partition coefficient (Wildman–Crippen LogP) is 5.41. The van der Waals surface area contributed by atoms with Gasteiger partial charge in [0.15, 0.2) is 5.78 Å². The molecule has 5 fully saturated rings. The first-order valence-electron chi connectivity index (χ1n) is 27.3. The van der Waals surface area contributed by atoms with Gasteiger partial charge < -0.3 is 48.6 Å². The van der Waals surface area contributed by atoms with Crippen molar-refractivity contribution in [1.29, 1.82) is 0 Å². The molecule has 0 aromatic heterocycles. The average molecular weight is 1040 g/mol. The summed E-state index contributed by atoms with van der Waals surface area (Å²) in [4.78, 5) is 88.1. The van der Waals surface area contributed by atoms with Crippen LogP contribution in [0.25, 0.3) is 0 Å². The van der Waals surface area contributed by atoms with Crippen molar-refractivity contribution < 1.29 is 72.5 Å². The Kier molecular flexibility index (Phi) is 21.6. The number of carbonyl (C=O) groups excluding carboxylic acids is 6. The van der Waals surface area contributed by atoms with Crippen LogP contribution in [0.2, 0.25) is 0 Å². The van der Waals surface area contributed by atoms with Crippen LogP contribution in [0.1, 0.15) is 125 Å². The minimum absolute atomic E-state index is 0.00650. The van der Waals surface area contributed by atoms with Crippen molar-refractivity contribution in [2.24, 2.45) is 41.4 Å². The molecule has 414 valence electrons. The molecule has 16 atom stereocenters. The number of Topliss-reactive ketones (excluding diaryl/α,β-unsaturated/α-hetero) is 3. The summed E-state index contributed by atoms with van der Waals surface area (Å²) in [6.07, 6.45) is 11.2. The monoisotopic (exact) mass is 1040 g/mol. The van der Waals surface area contributed by atoms with Gasteiger partial charge in [-0.15, -0.1) is 0 Å². The zero-order valence-electron chi connectivity index (χ0n) is 45.4. The van der Waals surface area contributed by atoms with E-state index in [9.17, 15) is 44.1 Å². The molecule has 5 aliphatic heterocycles. The average Bonchev–Trinajstić information content (AvgIpc) is 3.37. The number of allylic oxidation sites excluding steroid dienone is 6. The number of hydrogen-bond acceptors (Lipinski definition) is 16. The van der Waals surface area contributed by atoms with Gasteiger partial charge in [-0.3, -0.25) is 28.9 Å². The van der Waals surface area contributed by atoms with Gasteiger partial charge in [-0.25, -0.2) is 4.79 Å². The molecule has 4 saturated heterocycles. The topological polar surface area (TPSA) is 225 Å². The minimum Gasteiger partial charge on any atom is -0.460 e. The number of piperidine rings is 2. The first kappa shape index (κ1) is 59.3. The molecule has 1 amide bonds. The van der Waals surface area contributed by atoms with Crippen LogP contribution in [0.15, 0.2) is 47.6 Å². The molecule has 0 aromatic rings. The number of ketones is 3. The molecule has 1 saturated carbocycles. The van der Waals surface area contributed by atoms with Gasteiger partial charge in [0.25, 0.3) is 11.7 Å². The van der Waals surface area contributed by atoms with E-state index in [-0.39, 0.29) is 55.0 Å². The zero-order chi connectivity index (χ0) is 54.0. The van der Waals surface area contributed by atoms with Crippen LogP contribution in [-0.2, 0) is 57.2 Å². The fourth-order valence-corrected chi connectivity index (χ4v) is 12.5. The molecule has 0 radical (unpaired) electrons. The molecule has 3 N–H and O–H groups in total. The standard InChI is InChI=1S/C57H86N2O15/c1-33-14-11-10-12-15-34(2)46(69-7)30-41-19-17-38(6)57(68,74-41)54(65)55(66)59-23-13-16-42-43(28-39-18-20-45(48(29-39)70-8)72-49(62)32-58-24-21-40(60)22-25-58)47(73-56(67)50(42)59)31-44(61)35(3)27-37(5)52(64)53(71-9)51(63)36(4)26-33/h10-12,14-15,27,33,35-36,38-43,45-48,50,52-53,60,64,68H,13,16-26,28-32H2,1-9H3/b12-10+,14-11+,34-15+,37-27+/t33-,35-,36-,38-,39+,41+,42?,43+,45-,46+,47+,48-,50+,52-,53+,57-/m1/s1. The van der Waals surface area contributed by atoms with Gasteiger partial charge >= 0.3 is 11.9 Å². The molecule has 0 spiro atoms. The largest absolute Gasteiger partial charge is 0.460 e. The highest BCUT2D eigenvalue weighted by atomic mass is 16.6. The number of nitrogens with zero attached hydrogens (tertiary/aromatic N) is 2. The van der Waals surface area contributed by atoms with Gasteiger partial charge in [0.1, 0.15) is 36.2 Å². The van der Waals surface area contributed by atoms with Crippen LogP contribution < -0.4 is 0 Å². The lowest BCUT2D eigenvalue weighted by Gasteiger charge is -2.50. The molecule has 17 nitrogen and oxygen atoms in total. The molecule has 6 rings (SSSR count). The van der Waals surface area contributed by atoms with E-state index >= 15 is 0 Å². The number of aliphatic hydroxyl groups is 3. The van der Waals surface area contributed by atoms with Gasteiger partial charge in [-0.1, -0.05) is 64.2 Å².